The van der Waals surface area contributed by atoms with E-state index in [2.05, 4.69) is 4.74 Å². The molecule has 9 heavy (non-hydrogen) atoms. The normalized spacial score (nSPS) is 21.0. The van der Waals surface area contributed by atoms with E-state index in [1.54, 1.807) is 0 Å². The maximum Gasteiger partial charge on any atom is 0.336 e. The van der Waals surface area contributed by atoms with Crippen LogP contribution in [0.5, 0.6) is 0 Å². The van der Waals surface area contributed by atoms with Crippen LogP contribution < -0.4 is 0 Å². The largest absolute Gasteiger partial charge is 0.424 e. The fourth-order valence-corrected chi connectivity index (χ4v) is 0.534. The molecule has 0 unspecified atom stereocenters. The van der Waals surface area contributed by atoms with Gasteiger partial charge >= 0.3 is 5.97 Å². The van der Waals surface area contributed by atoms with Gasteiger partial charge in [-0.25, -0.2) is 4.79 Å². The number of hydrogen-bond donors (Lipinski definition) is 1. The number of carbonyl (C=O) groups excluding carboxylic acids is 1. The van der Waals surface area contributed by atoms with Gasteiger partial charge in [0.2, 0.25) is 0 Å². The quantitative estimate of drug-likeness (QED) is 0.502. The van der Waals surface area contributed by atoms with Gasteiger partial charge in [0, 0.05) is 6.08 Å². The number of cyclic esters (lactones) is 1. The lowest BCUT2D eigenvalue weighted by molar-refractivity contribution is -0.132. The van der Waals surface area contributed by atoms with Crippen LogP contribution in [0.4, 0.5) is 0 Å². The minimum Gasteiger partial charge on any atom is -0.424 e. The van der Waals surface area contributed by atoms with Gasteiger partial charge in [-0.05, 0) is 12.2 Å². The molecule has 1 aliphatic heterocycles. The fourth-order valence-electron chi connectivity index (χ4n) is 0.534. The van der Waals surface area contributed by atoms with Crippen molar-refractivity contribution in [3.05, 3.63) is 24.0 Å². The molecule has 1 rings (SSSR count). The topological polar surface area (TPSA) is 46.5 Å². The molecule has 0 bridgehead atoms. The minimum atomic E-state index is -0.380. The Balaban J connectivity index is 2.60. The molecule has 0 amide bonds. The Hall–Kier alpha value is -1.09. The van der Waals surface area contributed by atoms with Crippen molar-refractivity contribution in [1.29, 1.82) is 0 Å². The van der Waals surface area contributed by atoms with Crippen LogP contribution in [0, 0.1) is 0 Å². The third-order valence-electron chi connectivity index (χ3n) is 0.895. The highest BCUT2D eigenvalue weighted by Gasteiger charge is 2.07. The highest BCUT2D eigenvalue weighted by Crippen LogP contribution is 2.07. The molecule has 0 atom stereocenters. The molecule has 0 aromatic rings. The second-order valence-electron chi connectivity index (χ2n) is 1.54. The Morgan fingerprint density at radius 3 is 2.89 bits per heavy atom. The van der Waals surface area contributed by atoms with Crippen LogP contribution in [0.25, 0.3) is 0 Å². The number of allylic oxidation sites excluding steroid dienone is 1. The van der Waals surface area contributed by atoms with Crippen LogP contribution in [-0.2, 0) is 9.53 Å². The molecular weight excluding hydrogens is 120 g/mol. The first-order chi connectivity index (χ1) is 4.33. The zero-order valence-corrected chi connectivity index (χ0v) is 4.70. The van der Waals surface area contributed by atoms with Crippen molar-refractivity contribution in [1.82, 2.24) is 0 Å². The van der Waals surface area contributed by atoms with Crippen LogP contribution in [0.2, 0.25) is 0 Å². The summed E-state index contributed by atoms with van der Waals surface area (Å²) >= 11 is 0. The molecule has 3 heteroatoms. The molecule has 0 aromatic carbocycles. The van der Waals surface area contributed by atoms with Gasteiger partial charge in [0.25, 0.3) is 0 Å². The van der Waals surface area contributed by atoms with Gasteiger partial charge in [-0.3, -0.25) is 0 Å². The first kappa shape index (κ1) is 6.04. The molecule has 0 saturated heterocycles. The van der Waals surface area contributed by atoms with Gasteiger partial charge < -0.3 is 9.84 Å². The summed E-state index contributed by atoms with van der Waals surface area (Å²) in [6.45, 7) is -0.104. The summed E-state index contributed by atoms with van der Waals surface area (Å²) < 4.78 is 4.55. The molecule has 0 fully saturated rings. The fraction of sp³-hybridized carbons (Fsp3) is 0.167. The molecule has 1 heterocycles. The molecular formula is C6H6O3. The van der Waals surface area contributed by atoms with Crippen molar-refractivity contribution in [2.24, 2.45) is 0 Å². The standard InChI is InChI=1S/C6H6O3/c7-4-3-5-1-2-6(8)9-5/h1-3,7H,4H2. The maximum atomic E-state index is 10.3. The highest BCUT2D eigenvalue weighted by molar-refractivity contribution is 5.86. The van der Waals surface area contributed by atoms with E-state index >= 15 is 0 Å². The summed E-state index contributed by atoms with van der Waals surface area (Å²) in [6, 6.07) is 0. The Kier molecular flexibility index (Phi) is 1.65. The average molecular weight is 126 g/mol. The summed E-state index contributed by atoms with van der Waals surface area (Å²) in [5, 5.41) is 8.31. The van der Waals surface area contributed by atoms with Gasteiger partial charge in [0.15, 0.2) is 0 Å². The number of esters is 1. The lowest BCUT2D eigenvalue weighted by Gasteiger charge is -1.90. The van der Waals surface area contributed by atoms with Crippen molar-refractivity contribution >= 4 is 5.97 Å². The summed E-state index contributed by atoms with van der Waals surface area (Å²) in [6.07, 6.45) is 4.24. The van der Waals surface area contributed by atoms with Crippen molar-refractivity contribution in [2.45, 2.75) is 0 Å². The molecule has 1 aliphatic rings. The Morgan fingerprint density at radius 2 is 2.44 bits per heavy atom. The van der Waals surface area contributed by atoms with Gasteiger partial charge in [0.05, 0.1) is 6.61 Å². The number of carbonyl (C=O) groups is 1. The van der Waals surface area contributed by atoms with Crippen LogP contribution >= 0.6 is 0 Å². The monoisotopic (exact) mass is 126 g/mol. The minimum absolute atomic E-state index is 0.104. The smallest absolute Gasteiger partial charge is 0.336 e. The number of rotatable bonds is 1. The average Bonchev–Trinajstić information content (AvgIpc) is 2.17. The third-order valence-corrected chi connectivity index (χ3v) is 0.895. The van der Waals surface area contributed by atoms with E-state index in [9.17, 15) is 4.79 Å². The number of ether oxygens (including phenoxy) is 1. The van der Waals surface area contributed by atoms with Crippen molar-refractivity contribution in [2.75, 3.05) is 6.61 Å². The van der Waals surface area contributed by atoms with Gasteiger partial charge in [0.1, 0.15) is 5.76 Å². The molecule has 0 spiro atoms. The van der Waals surface area contributed by atoms with Crippen molar-refractivity contribution in [3.8, 4) is 0 Å². The SMILES string of the molecule is O=C1C=CC(=CCO)O1. The third kappa shape index (κ3) is 1.40. The van der Waals surface area contributed by atoms with Crippen LogP contribution in [0.3, 0.4) is 0 Å². The number of aliphatic hydroxyl groups excluding tert-OH is 1. The predicted molar refractivity (Wildman–Crippen MR) is 30.4 cm³/mol. The first-order valence-electron chi connectivity index (χ1n) is 2.54. The Morgan fingerprint density at radius 1 is 1.67 bits per heavy atom. The summed E-state index contributed by atoms with van der Waals surface area (Å²) in [4.78, 5) is 10.3. The molecule has 1 N–H and O–H groups in total. The number of hydrogen-bond acceptors (Lipinski definition) is 3. The molecule has 3 nitrogen and oxygen atoms in total. The van der Waals surface area contributed by atoms with E-state index in [0.29, 0.717) is 5.76 Å². The van der Waals surface area contributed by atoms with E-state index in [-0.39, 0.29) is 12.6 Å². The van der Waals surface area contributed by atoms with Gasteiger partial charge in [-0.1, -0.05) is 0 Å². The van der Waals surface area contributed by atoms with Crippen LogP contribution in [-0.4, -0.2) is 17.7 Å². The van der Waals surface area contributed by atoms with E-state index in [4.69, 9.17) is 5.11 Å². The molecule has 0 aliphatic carbocycles. The zero-order valence-electron chi connectivity index (χ0n) is 4.70. The van der Waals surface area contributed by atoms with E-state index in [1.807, 2.05) is 0 Å². The van der Waals surface area contributed by atoms with Crippen LogP contribution in [0.1, 0.15) is 0 Å². The van der Waals surface area contributed by atoms with E-state index in [1.165, 1.54) is 18.2 Å². The molecule has 0 aromatic heterocycles. The second-order valence-corrected chi connectivity index (χ2v) is 1.54. The lowest BCUT2D eigenvalue weighted by Crippen LogP contribution is -1.90. The van der Waals surface area contributed by atoms with Crippen LogP contribution in [0.15, 0.2) is 24.0 Å². The summed E-state index contributed by atoms with van der Waals surface area (Å²) in [5.74, 6) is 0.0391. The van der Waals surface area contributed by atoms with E-state index < -0.39 is 0 Å². The second kappa shape index (κ2) is 2.46. The van der Waals surface area contributed by atoms with E-state index in [0.717, 1.165) is 0 Å². The first-order valence-corrected chi connectivity index (χ1v) is 2.54. The predicted octanol–water partition coefficient (Wildman–Crippen LogP) is -0.0244. The van der Waals surface area contributed by atoms with Crippen molar-refractivity contribution < 1.29 is 14.6 Å². The molecule has 48 valence electrons. The van der Waals surface area contributed by atoms with Gasteiger partial charge in [-0.2, -0.15) is 0 Å². The summed E-state index contributed by atoms with van der Waals surface area (Å²) in [7, 11) is 0. The summed E-state index contributed by atoms with van der Waals surface area (Å²) in [5.41, 5.74) is 0. The number of aliphatic hydroxyl groups is 1. The van der Waals surface area contributed by atoms with Crippen molar-refractivity contribution in [3.63, 3.8) is 0 Å². The molecule has 0 saturated carbocycles. The Labute approximate surface area is 52.2 Å². The molecule has 0 radical (unpaired) electrons. The maximum absolute atomic E-state index is 10.3. The Bertz CT molecular complexity index is 179. The lowest BCUT2D eigenvalue weighted by atomic mass is 10.4. The zero-order chi connectivity index (χ0) is 6.69. The van der Waals surface area contributed by atoms with Gasteiger partial charge in [-0.15, -0.1) is 0 Å². The highest BCUT2D eigenvalue weighted by atomic mass is 16.5.